The standard InChI is InChI=1S/C32H31F4N3O6S/c1-2-46(41,42)26-12-6-20(7-13-26)27(15-16-37)38-30(40)21-3-9-24(10-4-21)39-18-23(5-11-25(39)19-43-31(33)34)22-8-14-28-29(17-22)45-32(35,36)44-28/h3-4,6-10,12-14,17,23,25,27,31H,2,5,11,15,18-19H2,1H3,(H,38,40)/t23-,25-,27?/m0/s1. The molecule has 1 unspecified atom stereocenters. The number of hydrogen-bond donors (Lipinski definition) is 1. The second-order valence-corrected chi connectivity index (χ2v) is 13.2. The van der Waals surface area contributed by atoms with Crippen molar-refractivity contribution in [2.75, 3.05) is 23.8 Å². The van der Waals surface area contributed by atoms with E-state index >= 15 is 0 Å². The van der Waals surface area contributed by atoms with Crippen LogP contribution in [0.4, 0.5) is 23.2 Å². The molecule has 2 aliphatic rings. The summed E-state index contributed by atoms with van der Waals surface area (Å²) >= 11 is 0. The van der Waals surface area contributed by atoms with Crippen molar-refractivity contribution in [1.29, 1.82) is 5.26 Å². The Morgan fingerprint density at radius 2 is 1.76 bits per heavy atom. The van der Waals surface area contributed by atoms with Gasteiger partial charge in [-0.1, -0.05) is 25.1 Å². The number of ether oxygens (including phenoxy) is 3. The van der Waals surface area contributed by atoms with Crippen molar-refractivity contribution in [2.24, 2.45) is 0 Å². The summed E-state index contributed by atoms with van der Waals surface area (Å²) in [5.41, 5.74) is 2.20. The molecule has 3 aromatic carbocycles. The van der Waals surface area contributed by atoms with Crippen molar-refractivity contribution in [1.82, 2.24) is 5.32 Å². The summed E-state index contributed by atoms with van der Waals surface area (Å²) in [6, 6.07) is 18.0. The zero-order valence-electron chi connectivity index (χ0n) is 24.7. The van der Waals surface area contributed by atoms with E-state index in [4.69, 9.17) is 0 Å². The average Bonchev–Trinajstić information content (AvgIpc) is 3.36. The second kappa shape index (κ2) is 13.6. The van der Waals surface area contributed by atoms with Crippen LogP contribution in [0, 0.1) is 11.3 Å². The number of amides is 1. The maximum atomic E-state index is 13.6. The smallest absolute Gasteiger partial charge is 0.395 e. The minimum atomic E-state index is -3.75. The molecule has 2 heterocycles. The number of nitrogens with zero attached hydrogens (tertiary/aromatic N) is 2. The van der Waals surface area contributed by atoms with Crippen LogP contribution in [0.3, 0.4) is 0 Å². The lowest BCUT2D eigenvalue weighted by Gasteiger charge is -2.41. The third-order valence-electron chi connectivity index (χ3n) is 8.10. The molecule has 14 heteroatoms. The van der Waals surface area contributed by atoms with Crippen molar-refractivity contribution in [3.8, 4) is 17.6 Å². The van der Waals surface area contributed by atoms with Gasteiger partial charge < -0.3 is 24.4 Å². The third kappa shape index (κ3) is 7.54. The lowest BCUT2D eigenvalue weighted by molar-refractivity contribution is -0.286. The normalized spacial score (nSPS) is 19.5. The van der Waals surface area contributed by atoms with Crippen molar-refractivity contribution >= 4 is 21.4 Å². The monoisotopic (exact) mass is 661 g/mol. The molecule has 0 radical (unpaired) electrons. The third-order valence-corrected chi connectivity index (χ3v) is 9.85. The molecular weight excluding hydrogens is 630 g/mol. The first-order valence-corrected chi connectivity index (χ1v) is 16.2. The molecule has 0 aromatic heterocycles. The molecule has 3 atom stereocenters. The molecule has 3 aromatic rings. The summed E-state index contributed by atoms with van der Waals surface area (Å²) in [5, 5.41) is 12.2. The first kappa shape index (κ1) is 33.0. The van der Waals surface area contributed by atoms with Gasteiger partial charge in [-0.05, 0) is 72.5 Å². The van der Waals surface area contributed by atoms with E-state index < -0.39 is 40.7 Å². The van der Waals surface area contributed by atoms with Crippen LogP contribution in [0.25, 0.3) is 0 Å². The van der Waals surface area contributed by atoms with Crippen molar-refractivity contribution < 1.29 is 45.0 Å². The van der Waals surface area contributed by atoms with Gasteiger partial charge in [0.15, 0.2) is 21.3 Å². The number of carbonyl (C=O) groups excluding carboxylic acids is 1. The highest BCUT2D eigenvalue weighted by Gasteiger charge is 2.44. The van der Waals surface area contributed by atoms with Gasteiger partial charge in [-0.3, -0.25) is 4.79 Å². The highest BCUT2D eigenvalue weighted by Crippen LogP contribution is 2.44. The van der Waals surface area contributed by atoms with Gasteiger partial charge in [0.25, 0.3) is 5.91 Å². The SMILES string of the molecule is CCS(=O)(=O)c1ccc(C(CC#N)NC(=O)c2ccc(N3C[C@@H](c4ccc5c(c4)OC(F)(F)O5)CC[C@H]3COC(F)F)cc2)cc1. The number of nitriles is 1. The van der Waals surface area contributed by atoms with Crippen LogP contribution in [0.2, 0.25) is 0 Å². The lowest BCUT2D eigenvalue weighted by atomic mass is 9.87. The Morgan fingerprint density at radius 3 is 2.41 bits per heavy atom. The number of piperidine rings is 1. The van der Waals surface area contributed by atoms with E-state index in [0.717, 1.165) is 5.56 Å². The Balaban J connectivity index is 1.32. The molecule has 1 N–H and O–H groups in total. The molecule has 1 fully saturated rings. The number of hydrogen-bond acceptors (Lipinski definition) is 8. The fourth-order valence-electron chi connectivity index (χ4n) is 5.66. The predicted molar refractivity (Wildman–Crippen MR) is 159 cm³/mol. The van der Waals surface area contributed by atoms with Crippen LogP contribution in [0.5, 0.6) is 11.5 Å². The van der Waals surface area contributed by atoms with E-state index in [2.05, 4.69) is 19.5 Å². The number of alkyl halides is 4. The number of benzene rings is 3. The fraction of sp³-hybridized carbons (Fsp3) is 0.375. The maximum absolute atomic E-state index is 13.6. The molecule has 0 saturated carbocycles. The Bertz CT molecular complexity index is 1700. The molecule has 0 bridgehead atoms. The lowest BCUT2D eigenvalue weighted by Crippen LogP contribution is -2.45. The van der Waals surface area contributed by atoms with Gasteiger partial charge in [0, 0.05) is 23.7 Å². The quantitative estimate of drug-likeness (QED) is 0.242. The number of nitrogens with one attached hydrogen (secondary N) is 1. The van der Waals surface area contributed by atoms with Crippen molar-refractivity contribution in [3.05, 3.63) is 83.4 Å². The van der Waals surface area contributed by atoms with E-state index in [9.17, 15) is 36.0 Å². The maximum Gasteiger partial charge on any atom is 0.586 e. The van der Waals surface area contributed by atoms with Crippen LogP contribution < -0.4 is 19.7 Å². The highest BCUT2D eigenvalue weighted by atomic mass is 32.2. The summed E-state index contributed by atoms with van der Waals surface area (Å²) in [6.07, 6.45) is -2.75. The molecule has 2 aliphatic heterocycles. The van der Waals surface area contributed by atoms with Gasteiger partial charge in [0.05, 0.1) is 41.8 Å². The Morgan fingerprint density at radius 1 is 1.07 bits per heavy atom. The number of carbonyl (C=O) groups is 1. The largest absolute Gasteiger partial charge is 0.586 e. The molecule has 1 amide bonds. The summed E-state index contributed by atoms with van der Waals surface area (Å²) in [6.45, 7) is -1.30. The topological polar surface area (TPSA) is 118 Å². The highest BCUT2D eigenvalue weighted by molar-refractivity contribution is 7.91. The Labute approximate surface area is 263 Å². The number of anilines is 1. The van der Waals surface area contributed by atoms with E-state index in [-0.39, 0.29) is 46.7 Å². The number of halogens is 4. The molecular formula is C32H31F4N3O6S. The van der Waals surface area contributed by atoms with Gasteiger partial charge in [0.2, 0.25) is 0 Å². The zero-order chi connectivity index (χ0) is 33.1. The van der Waals surface area contributed by atoms with Gasteiger partial charge in [-0.15, -0.1) is 8.78 Å². The number of fused-ring (bicyclic) bond motifs is 1. The minimum Gasteiger partial charge on any atom is -0.395 e. The first-order chi connectivity index (χ1) is 21.9. The second-order valence-electron chi connectivity index (χ2n) is 11.0. The van der Waals surface area contributed by atoms with E-state index in [1.54, 1.807) is 49.4 Å². The van der Waals surface area contributed by atoms with Crippen LogP contribution >= 0.6 is 0 Å². The molecule has 0 spiro atoms. The first-order valence-electron chi connectivity index (χ1n) is 14.6. The fourth-order valence-corrected chi connectivity index (χ4v) is 6.54. The van der Waals surface area contributed by atoms with Gasteiger partial charge >= 0.3 is 12.9 Å². The van der Waals surface area contributed by atoms with Crippen LogP contribution in [-0.4, -0.2) is 52.2 Å². The van der Waals surface area contributed by atoms with Crippen LogP contribution in [0.15, 0.2) is 71.6 Å². The van der Waals surface area contributed by atoms with Crippen molar-refractivity contribution in [2.45, 2.75) is 62.0 Å². The predicted octanol–water partition coefficient (Wildman–Crippen LogP) is 6.18. The van der Waals surface area contributed by atoms with Crippen LogP contribution in [-0.2, 0) is 14.6 Å². The van der Waals surface area contributed by atoms with Crippen molar-refractivity contribution in [3.63, 3.8) is 0 Å². The molecule has 5 rings (SSSR count). The minimum absolute atomic E-state index is 0.0534. The molecule has 46 heavy (non-hydrogen) atoms. The molecule has 9 nitrogen and oxygen atoms in total. The zero-order valence-corrected chi connectivity index (χ0v) is 25.5. The van der Waals surface area contributed by atoms with E-state index in [1.807, 2.05) is 11.0 Å². The van der Waals surface area contributed by atoms with E-state index in [0.29, 0.717) is 30.6 Å². The summed E-state index contributed by atoms with van der Waals surface area (Å²) in [7, 11) is -3.41. The average molecular weight is 662 g/mol. The molecule has 1 saturated heterocycles. The summed E-state index contributed by atoms with van der Waals surface area (Å²) in [5.74, 6) is -0.831. The van der Waals surface area contributed by atoms with E-state index in [1.165, 1.54) is 24.3 Å². The Kier molecular flexibility index (Phi) is 9.74. The van der Waals surface area contributed by atoms with Gasteiger partial charge in [-0.25, -0.2) is 8.42 Å². The van der Waals surface area contributed by atoms with Gasteiger partial charge in [0.1, 0.15) is 0 Å². The summed E-state index contributed by atoms with van der Waals surface area (Å²) < 4.78 is 91.0. The number of sulfone groups is 1. The molecule has 0 aliphatic carbocycles. The Hall–Kier alpha value is -4.35. The summed E-state index contributed by atoms with van der Waals surface area (Å²) in [4.78, 5) is 15.2. The number of rotatable bonds is 11. The van der Waals surface area contributed by atoms with Gasteiger partial charge in [-0.2, -0.15) is 14.0 Å². The van der Waals surface area contributed by atoms with Crippen LogP contribution in [0.1, 0.15) is 59.6 Å². The molecule has 244 valence electrons.